The van der Waals surface area contributed by atoms with Gasteiger partial charge in [-0.1, -0.05) is 19.6 Å². The molecule has 1 N–H and O–H groups in total. The molecule has 6 nitrogen and oxygen atoms in total. The summed E-state index contributed by atoms with van der Waals surface area (Å²) in [5.74, 6) is -0.456. The fraction of sp³-hybridized carbons (Fsp3) is 0.207. The Balaban J connectivity index is 0.00000336. The lowest BCUT2D eigenvalue weighted by Gasteiger charge is -2.26. The molecule has 0 spiro atoms. The number of aromatic nitrogens is 3. The van der Waals surface area contributed by atoms with Crippen molar-refractivity contribution in [3.63, 3.8) is 0 Å². The molecular formula is C29H28F2N4O2S. The topological polar surface area (TPSA) is 69.0 Å². The first-order chi connectivity index (χ1) is 17.8. The molecule has 2 aromatic heterocycles. The minimum absolute atomic E-state index is 0. The minimum atomic E-state index is -0.676. The van der Waals surface area contributed by atoms with E-state index in [0.29, 0.717) is 21.9 Å². The van der Waals surface area contributed by atoms with E-state index in [4.69, 9.17) is 4.74 Å². The van der Waals surface area contributed by atoms with Crippen molar-refractivity contribution in [2.75, 3.05) is 0 Å². The zero-order valence-corrected chi connectivity index (χ0v) is 21.2. The Labute approximate surface area is 223 Å². The molecule has 2 atom stereocenters. The highest BCUT2D eigenvalue weighted by atomic mass is 32.1. The lowest BCUT2D eigenvalue weighted by molar-refractivity contribution is 0.0881. The second-order valence-corrected chi connectivity index (χ2v) is 10.1. The van der Waals surface area contributed by atoms with Gasteiger partial charge in [-0.15, -0.1) is 11.3 Å². The molecule has 0 radical (unpaired) electrons. The van der Waals surface area contributed by atoms with Crippen LogP contribution in [0.2, 0.25) is 0 Å². The molecule has 0 unspecified atom stereocenters. The van der Waals surface area contributed by atoms with Gasteiger partial charge in [0.1, 0.15) is 23.5 Å². The molecule has 0 saturated heterocycles. The molecule has 0 aliphatic carbocycles. The third-order valence-corrected chi connectivity index (χ3v) is 6.94. The standard InChI is InChI=1S/C28H24F2N4O2S.CH4/c1-16-4-5-19(13-24(16)30)26(18(3)33-27(35)28-31-14-17(2)37-28)36-23-10-11-25-20(12-23)15-32-34(25)22-8-6-21(29)7-9-22;/h4-15,18,26H,1-3H3,(H,33,35);1H4/t18-,26-;/m0./s1. The smallest absolute Gasteiger partial charge is 0.280 e. The largest absolute Gasteiger partial charge is 0.484 e. The molecular weight excluding hydrogens is 506 g/mol. The van der Waals surface area contributed by atoms with E-state index >= 15 is 0 Å². The quantitative estimate of drug-likeness (QED) is 0.245. The second kappa shape index (κ2) is 11.1. The van der Waals surface area contributed by atoms with Crippen molar-refractivity contribution < 1.29 is 18.3 Å². The van der Waals surface area contributed by atoms with Crippen LogP contribution in [-0.4, -0.2) is 26.7 Å². The average molecular weight is 535 g/mol. The molecule has 1 amide bonds. The van der Waals surface area contributed by atoms with Gasteiger partial charge in [0, 0.05) is 16.5 Å². The Morgan fingerprint density at radius 2 is 1.79 bits per heavy atom. The summed E-state index contributed by atoms with van der Waals surface area (Å²) >= 11 is 1.30. The van der Waals surface area contributed by atoms with Gasteiger partial charge in [0.25, 0.3) is 5.91 Å². The molecule has 0 saturated carbocycles. The highest BCUT2D eigenvalue weighted by Crippen LogP contribution is 2.30. The Morgan fingerprint density at radius 1 is 1.03 bits per heavy atom. The zero-order valence-electron chi connectivity index (χ0n) is 20.4. The number of thiazole rings is 1. The van der Waals surface area contributed by atoms with Crippen LogP contribution in [0.15, 0.2) is 73.1 Å². The van der Waals surface area contributed by atoms with E-state index in [1.807, 2.05) is 26.0 Å². The molecule has 2 heterocycles. The first-order valence-corrected chi connectivity index (χ1v) is 12.5. The molecule has 0 fully saturated rings. The number of rotatable bonds is 7. The Morgan fingerprint density at radius 3 is 2.47 bits per heavy atom. The maximum atomic E-state index is 14.5. The third-order valence-electron chi connectivity index (χ3n) is 6.03. The Bertz CT molecular complexity index is 1580. The van der Waals surface area contributed by atoms with E-state index < -0.39 is 12.1 Å². The maximum absolute atomic E-state index is 14.5. The number of nitrogens with one attached hydrogen (secondary N) is 1. The summed E-state index contributed by atoms with van der Waals surface area (Å²) in [4.78, 5) is 17.9. The van der Waals surface area contributed by atoms with Crippen LogP contribution >= 0.6 is 11.3 Å². The predicted octanol–water partition coefficient (Wildman–Crippen LogP) is 6.95. The number of nitrogens with zero attached hydrogens (tertiary/aromatic N) is 3. The molecule has 0 aliphatic rings. The summed E-state index contributed by atoms with van der Waals surface area (Å²) < 4.78 is 35.9. The van der Waals surface area contributed by atoms with Crippen LogP contribution < -0.4 is 10.1 Å². The number of benzene rings is 3. The molecule has 196 valence electrons. The number of aryl methyl sites for hydroxylation is 2. The molecule has 0 bridgehead atoms. The number of halogens is 2. The van der Waals surface area contributed by atoms with Crippen LogP contribution in [-0.2, 0) is 0 Å². The monoisotopic (exact) mass is 534 g/mol. The summed E-state index contributed by atoms with van der Waals surface area (Å²) in [6, 6.07) is 16.0. The van der Waals surface area contributed by atoms with Crippen LogP contribution in [0, 0.1) is 25.5 Å². The lowest BCUT2D eigenvalue weighted by atomic mass is 10.0. The summed E-state index contributed by atoms with van der Waals surface area (Å²) in [6.45, 7) is 5.39. The van der Waals surface area contributed by atoms with Crippen LogP contribution in [0.4, 0.5) is 8.78 Å². The van der Waals surface area contributed by atoms with Crippen molar-refractivity contribution in [1.82, 2.24) is 20.1 Å². The number of hydrogen-bond donors (Lipinski definition) is 1. The molecule has 5 rings (SSSR count). The maximum Gasteiger partial charge on any atom is 0.280 e. The SMILES string of the molecule is C.Cc1cnc(C(=O)N[C@@H](C)[C@H](Oc2ccc3c(cnn3-c3ccc(F)cc3)c2)c2ccc(C)c(F)c2)s1. The van der Waals surface area contributed by atoms with Crippen molar-refractivity contribution >= 4 is 28.1 Å². The van der Waals surface area contributed by atoms with Crippen molar-refractivity contribution in [3.05, 3.63) is 106 Å². The predicted molar refractivity (Wildman–Crippen MR) is 146 cm³/mol. The summed E-state index contributed by atoms with van der Waals surface area (Å²) in [5.41, 5.74) is 2.66. The van der Waals surface area contributed by atoms with E-state index in [-0.39, 0.29) is 25.0 Å². The normalized spacial score (nSPS) is 12.6. The van der Waals surface area contributed by atoms with E-state index in [0.717, 1.165) is 21.5 Å². The minimum Gasteiger partial charge on any atom is -0.484 e. The Kier molecular flexibility index (Phi) is 7.87. The van der Waals surface area contributed by atoms with E-state index in [9.17, 15) is 13.6 Å². The van der Waals surface area contributed by atoms with Gasteiger partial charge in [-0.2, -0.15) is 5.10 Å². The van der Waals surface area contributed by atoms with Gasteiger partial charge in [-0.3, -0.25) is 4.79 Å². The molecule has 3 aromatic carbocycles. The van der Waals surface area contributed by atoms with Crippen LogP contribution in [0.1, 0.15) is 46.3 Å². The summed E-state index contributed by atoms with van der Waals surface area (Å²) in [5, 5.41) is 8.54. The van der Waals surface area contributed by atoms with E-state index in [1.165, 1.54) is 29.5 Å². The van der Waals surface area contributed by atoms with Gasteiger partial charge in [0.15, 0.2) is 5.01 Å². The van der Waals surface area contributed by atoms with Gasteiger partial charge < -0.3 is 10.1 Å². The Hall–Kier alpha value is -4.11. The first-order valence-electron chi connectivity index (χ1n) is 11.7. The fourth-order valence-corrected chi connectivity index (χ4v) is 4.74. The highest BCUT2D eigenvalue weighted by Gasteiger charge is 2.25. The fourth-order valence-electron chi connectivity index (χ4n) is 4.07. The van der Waals surface area contributed by atoms with Gasteiger partial charge in [-0.05, 0) is 80.4 Å². The van der Waals surface area contributed by atoms with Crippen LogP contribution in [0.5, 0.6) is 5.75 Å². The lowest BCUT2D eigenvalue weighted by Crippen LogP contribution is -2.39. The van der Waals surface area contributed by atoms with Crippen molar-refractivity contribution in [1.29, 1.82) is 0 Å². The summed E-state index contributed by atoms with van der Waals surface area (Å²) in [6.07, 6.45) is 2.67. The van der Waals surface area contributed by atoms with Crippen LogP contribution in [0.3, 0.4) is 0 Å². The van der Waals surface area contributed by atoms with Crippen molar-refractivity contribution in [3.8, 4) is 11.4 Å². The molecule has 38 heavy (non-hydrogen) atoms. The number of fused-ring (bicyclic) bond motifs is 1. The van der Waals surface area contributed by atoms with Gasteiger partial charge in [0.05, 0.1) is 23.4 Å². The van der Waals surface area contributed by atoms with E-state index in [1.54, 1.807) is 54.3 Å². The van der Waals surface area contributed by atoms with E-state index in [2.05, 4.69) is 15.4 Å². The highest BCUT2D eigenvalue weighted by molar-refractivity contribution is 7.13. The number of hydrogen-bond acceptors (Lipinski definition) is 5. The third kappa shape index (κ3) is 5.57. The zero-order chi connectivity index (χ0) is 26.1. The first kappa shape index (κ1) is 26.9. The number of ether oxygens (including phenoxy) is 1. The molecule has 9 heteroatoms. The van der Waals surface area contributed by atoms with Gasteiger partial charge in [-0.25, -0.2) is 18.4 Å². The number of carbonyl (C=O) groups is 1. The van der Waals surface area contributed by atoms with Crippen molar-refractivity contribution in [2.45, 2.75) is 40.3 Å². The van der Waals surface area contributed by atoms with Gasteiger partial charge >= 0.3 is 0 Å². The molecule has 5 aromatic rings. The number of amides is 1. The molecule has 0 aliphatic heterocycles. The van der Waals surface area contributed by atoms with Gasteiger partial charge in [0.2, 0.25) is 0 Å². The van der Waals surface area contributed by atoms with Crippen molar-refractivity contribution in [2.24, 2.45) is 0 Å². The average Bonchev–Trinajstić information content (AvgIpc) is 3.51. The second-order valence-electron chi connectivity index (χ2n) is 8.84. The number of carbonyl (C=O) groups excluding carboxylic acids is 1. The summed E-state index contributed by atoms with van der Waals surface area (Å²) in [7, 11) is 0. The van der Waals surface area contributed by atoms with Crippen LogP contribution in [0.25, 0.3) is 16.6 Å².